The fourth-order valence-corrected chi connectivity index (χ4v) is 6.45. The lowest BCUT2D eigenvalue weighted by Crippen LogP contribution is -2.54. The highest BCUT2D eigenvalue weighted by molar-refractivity contribution is 6.31. The van der Waals surface area contributed by atoms with Crippen molar-refractivity contribution in [3.8, 4) is 0 Å². The van der Waals surface area contributed by atoms with Crippen molar-refractivity contribution in [3.05, 3.63) is 28.3 Å². The van der Waals surface area contributed by atoms with Gasteiger partial charge in [-0.25, -0.2) is 4.79 Å². The molecule has 2 saturated heterocycles. The average Bonchev–Trinajstić information content (AvgIpc) is 3.53. The van der Waals surface area contributed by atoms with E-state index in [1.54, 1.807) is 11.0 Å². The maximum atomic E-state index is 13.1. The van der Waals surface area contributed by atoms with Crippen LogP contribution in [0.3, 0.4) is 0 Å². The van der Waals surface area contributed by atoms with E-state index in [4.69, 9.17) is 16.3 Å². The molecule has 216 valence electrons. The maximum Gasteiger partial charge on any atom is 0.410 e. The van der Waals surface area contributed by atoms with E-state index in [1.165, 1.54) is 12.8 Å². The van der Waals surface area contributed by atoms with Crippen molar-refractivity contribution >= 4 is 35.2 Å². The van der Waals surface area contributed by atoms with Crippen molar-refractivity contribution in [1.29, 1.82) is 0 Å². The molecule has 39 heavy (non-hydrogen) atoms. The molecule has 2 heterocycles. The Morgan fingerprint density at radius 3 is 2.41 bits per heavy atom. The molecule has 0 radical (unpaired) electrons. The molecule has 9 heteroatoms. The van der Waals surface area contributed by atoms with Crippen LogP contribution in [0.25, 0.3) is 0 Å². The first-order valence-corrected chi connectivity index (χ1v) is 14.9. The highest BCUT2D eigenvalue weighted by atomic mass is 35.5. The maximum absolute atomic E-state index is 13.1. The Morgan fingerprint density at radius 1 is 1.03 bits per heavy atom. The molecule has 1 aliphatic carbocycles. The van der Waals surface area contributed by atoms with E-state index in [0.29, 0.717) is 29.7 Å². The van der Waals surface area contributed by atoms with Gasteiger partial charge in [-0.2, -0.15) is 0 Å². The van der Waals surface area contributed by atoms with Gasteiger partial charge in [0, 0.05) is 67.9 Å². The molecular formula is C30H45ClN4O4. The van der Waals surface area contributed by atoms with Gasteiger partial charge >= 0.3 is 6.09 Å². The molecule has 0 bridgehead atoms. The molecule has 1 saturated carbocycles. The summed E-state index contributed by atoms with van der Waals surface area (Å²) in [6.45, 7) is 13.4. The number of rotatable bonds is 6. The predicted molar refractivity (Wildman–Crippen MR) is 154 cm³/mol. The van der Waals surface area contributed by atoms with Crippen LogP contribution in [0, 0.1) is 12.8 Å². The summed E-state index contributed by atoms with van der Waals surface area (Å²) in [7, 11) is 0. The van der Waals surface area contributed by atoms with E-state index in [2.05, 4.69) is 22.0 Å². The summed E-state index contributed by atoms with van der Waals surface area (Å²) in [5.74, 6) is 0.399. The second kappa shape index (κ2) is 12.5. The molecule has 3 fully saturated rings. The van der Waals surface area contributed by atoms with Gasteiger partial charge in [0.05, 0.1) is 0 Å². The summed E-state index contributed by atoms with van der Waals surface area (Å²) in [6, 6.07) is 3.75. The number of amides is 3. The van der Waals surface area contributed by atoms with Crippen LogP contribution >= 0.6 is 11.6 Å². The van der Waals surface area contributed by atoms with E-state index < -0.39 is 5.60 Å². The second-order valence-electron chi connectivity index (χ2n) is 12.6. The van der Waals surface area contributed by atoms with Gasteiger partial charge in [0.1, 0.15) is 5.60 Å². The summed E-state index contributed by atoms with van der Waals surface area (Å²) < 4.78 is 5.54. The minimum atomic E-state index is -0.573. The third kappa shape index (κ3) is 7.66. The zero-order valence-corrected chi connectivity index (χ0v) is 25.0. The fraction of sp³-hybridized carbons (Fsp3) is 0.700. The third-order valence-electron chi connectivity index (χ3n) is 8.27. The van der Waals surface area contributed by atoms with Gasteiger partial charge in [-0.1, -0.05) is 24.4 Å². The molecule has 8 nitrogen and oxygen atoms in total. The van der Waals surface area contributed by atoms with E-state index in [0.717, 1.165) is 56.4 Å². The number of nitrogens with one attached hydrogen (secondary N) is 1. The number of hydrogen-bond donors (Lipinski definition) is 1. The van der Waals surface area contributed by atoms with E-state index >= 15 is 0 Å². The number of hydrogen-bond acceptors (Lipinski definition) is 5. The number of benzene rings is 1. The monoisotopic (exact) mass is 560 g/mol. The molecule has 0 spiro atoms. The van der Waals surface area contributed by atoms with E-state index in [-0.39, 0.29) is 36.4 Å². The first-order valence-electron chi connectivity index (χ1n) is 14.5. The number of halogens is 1. The van der Waals surface area contributed by atoms with Crippen LogP contribution in [0.5, 0.6) is 0 Å². The van der Waals surface area contributed by atoms with Crippen LogP contribution in [0.1, 0.15) is 83.8 Å². The van der Waals surface area contributed by atoms with Gasteiger partial charge in [-0.15, -0.1) is 0 Å². The van der Waals surface area contributed by atoms with Gasteiger partial charge in [0.25, 0.3) is 0 Å². The number of nitrogens with zero attached hydrogens (tertiary/aromatic N) is 3. The molecule has 1 aromatic carbocycles. The molecular weight excluding hydrogens is 516 g/mol. The lowest BCUT2D eigenvalue weighted by Gasteiger charge is -2.41. The zero-order chi connectivity index (χ0) is 28.3. The van der Waals surface area contributed by atoms with Gasteiger partial charge < -0.3 is 19.9 Å². The van der Waals surface area contributed by atoms with Crippen LogP contribution in [-0.2, 0) is 20.9 Å². The minimum Gasteiger partial charge on any atom is -0.444 e. The summed E-state index contributed by atoms with van der Waals surface area (Å²) in [5.41, 5.74) is 2.18. The summed E-state index contributed by atoms with van der Waals surface area (Å²) in [5, 5.41) is 3.63. The number of ether oxygens (including phenoxy) is 1. The number of likely N-dealkylation sites (tertiary alicyclic amines) is 1. The quantitative estimate of drug-likeness (QED) is 0.490. The molecule has 2 atom stereocenters. The van der Waals surface area contributed by atoms with Crippen molar-refractivity contribution in [3.63, 3.8) is 0 Å². The van der Waals surface area contributed by atoms with Crippen LogP contribution in [-0.4, -0.2) is 76.5 Å². The first kappa shape index (κ1) is 29.7. The molecule has 1 N–H and O–H groups in total. The Balaban J connectivity index is 1.35. The Morgan fingerprint density at radius 2 is 1.74 bits per heavy atom. The number of carbonyl (C=O) groups excluding carboxylic acids is 3. The number of piperazine rings is 1. The summed E-state index contributed by atoms with van der Waals surface area (Å²) in [6.07, 6.45) is 5.88. The molecule has 1 aromatic rings. The third-order valence-corrected chi connectivity index (χ3v) is 8.49. The zero-order valence-electron chi connectivity index (χ0n) is 24.2. The lowest BCUT2D eigenvalue weighted by atomic mass is 10.0. The SMILES string of the molecule is Cc1c(CN2CCN(C(=O)C3CCCC3)[C@@H](C)C2)cc(Cl)cc1NC(=O)CC1CCCN1C(=O)OC(C)(C)C. The van der Waals surface area contributed by atoms with Gasteiger partial charge in [-0.3, -0.25) is 14.5 Å². The first-order chi connectivity index (χ1) is 18.4. The minimum absolute atomic E-state index is 0.139. The number of carbonyl (C=O) groups is 3. The Labute approximate surface area is 238 Å². The van der Waals surface area contributed by atoms with E-state index in [9.17, 15) is 14.4 Å². The van der Waals surface area contributed by atoms with Crippen molar-refractivity contribution in [2.75, 3.05) is 31.5 Å². The van der Waals surface area contributed by atoms with E-state index in [1.807, 2.05) is 33.8 Å². The second-order valence-corrected chi connectivity index (χ2v) is 13.0. The van der Waals surface area contributed by atoms with Crippen molar-refractivity contribution in [2.45, 2.75) is 104 Å². The highest BCUT2D eigenvalue weighted by Gasteiger charge is 2.35. The number of anilines is 1. The molecule has 1 unspecified atom stereocenters. The lowest BCUT2D eigenvalue weighted by molar-refractivity contribution is -0.140. The smallest absolute Gasteiger partial charge is 0.410 e. The Bertz CT molecular complexity index is 1070. The molecule has 3 amide bonds. The predicted octanol–water partition coefficient (Wildman–Crippen LogP) is 5.60. The topological polar surface area (TPSA) is 82.2 Å². The Hall–Kier alpha value is -2.32. The molecule has 2 aliphatic heterocycles. The standard InChI is InChI=1S/C30H45ClN4O4/c1-20-18-33(13-14-34(20)28(37)22-9-6-7-10-22)19-23-15-24(31)16-26(21(23)2)32-27(36)17-25-11-8-12-35(25)29(38)39-30(3,4)5/h15-16,20,22,25H,6-14,17-19H2,1-5H3,(H,32,36)/t20-,25?/m0/s1. The molecule has 0 aromatic heterocycles. The van der Waals surface area contributed by atoms with Crippen molar-refractivity contribution < 1.29 is 19.1 Å². The normalized spacial score (nSPS) is 22.8. The summed E-state index contributed by atoms with van der Waals surface area (Å²) >= 11 is 6.49. The highest BCUT2D eigenvalue weighted by Crippen LogP contribution is 2.30. The van der Waals surface area contributed by atoms with Gasteiger partial charge in [-0.05, 0) is 83.6 Å². The fourth-order valence-electron chi connectivity index (χ4n) is 6.21. The van der Waals surface area contributed by atoms with Crippen LogP contribution in [0.15, 0.2) is 12.1 Å². The van der Waals surface area contributed by atoms with Crippen LogP contribution in [0.4, 0.5) is 10.5 Å². The molecule has 4 rings (SSSR count). The van der Waals surface area contributed by atoms with Crippen molar-refractivity contribution in [2.24, 2.45) is 5.92 Å². The summed E-state index contributed by atoms with van der Waals surface area (Å²) in [4.78, 5) is 44.8. The largest absolute Gasteiger partial charge is 0.444 e. The Kier molecular flexibility index (Phi) is 9.48. The average molecular weight is 561 g/mol. The van der Waals surface area contributed by atoms with Crippen LogP contribution < -0.4 is 5.32 Å². The van der Waals surface area contributed by atoms with Crippen molar-refractivity contribution in [1.82, 2.24) is 14.7 Å². The van der Waals surface area contributed by atoms with Crippen LogP contribution in [0.2, 0.25) is 5.02 Å². The van der Waals surface area contributed by atoms with Gasteiger partial charge in [0.15, 0.2) is 0 Å². The van der Waals surface area contributed by atoms with Gasteiger partial charge in [0.2, 0.25) is 11.8 Å². The molecule has 3 aliphatic rings.